The molecule has 28 heavy (non-hydrogen) atoms. The molecule has 0 atom stereocenters. The van der Waals surface area contributed by atoms with Crippen LogP contribution in [0, 0.1) is 0 Å². The van der Waals surface area contributed by atoms with E-state index in [1.54, 1.807) is 6.26 Å². The summed E-state index contributed by atoms with van der Waals surface area (Å²) in [4.78, 5) is 11.2. The van der Waals surface area contributed by atoms with Gasteiger partial charge in [-0.25, -0.2) is 4.98 Å². The fourth-order valence-electron chi connectivity index (χ4n) is 2.58. The van der Waals surface area contributed by atoms with Crippen molar-refractivity contribution < 1.29 is 9.15 Å². The van der Waals surface area contributed by atoms with Crippen LogP contribution in [0.15, 0.2) is 58.1 Å². The molecule has 0 spiro atoms. The SMILES string of the molecule is CCNC(=NCCc1nc(-c2ccco2)n[nH]1)N(C)CCOc1ccccc1. The lowest BCUT2D eigenvalue weighted by atomic mass is 10.3. The van der Waals surface area contributed by atoms with Gasteiger partial charge in [-0.3, -0.25) is 10.1 Å². The third-order valence-corrected chi connectivity index (χ3v) is 4.02. The summed E-state index contributed by atoms with van der Waals surface area (Å²) in [5, 5.41) is 10.4. The molecule has 0 aliphatic rings. The summed E-state index contributed by atoms with van der Waals surface area (Å²) in [5.74, 6) is 3.70. The van der Waals surface area contributed by atoms with Crippen LogP contribution in [0.1, 0.15) is 12.7 Å². The molecule has 2 heterocycles. The quantitative estimate of drug-likeness (QED) is 0.437. The normalized spacial score (nSPS) is 11.4. The molecular formula is C20H26N6O2. The molecule has 0 saturated carbocycles. The molecule has 8 nitrogen and oxygen atoms in total. The molecule has 3 aromatic rings. The maximum absolute atomic E-state index is 5.76. The number of H-pyrrole nitrogens is 1. The molecule has 0 bridgehead atoms. The van der Waals surface area contributed by atoms with Crippen LogP contribution in [0.2, 0.25) is 0 Å². The lowest BCUT2D eigenvalue weighted by Gasteiger charge is -2.22. The molecule has 0 unspecified atom stereocenters. The molecule has 0 radical (unpaired) electrons. The fourth-order valence-corrected chi connectivity index (χ4v) is 2.58. The Morgan fingerprint density at radius 1 is 1.25 bits per heavy atom. The zero-order chi connectivity index (χ0) is 19.6. The number of hydrogen-bond acceptors (Lipinski definition) is 5. The Bertz CT molecular complexity index is 845. The van der Waals surface area contributed by atoms with Crippen LogP contribution >= 0.6 is 0 Å². The topological polar surface area (TPSA) is 91.6 Å². The first-order valence-electron chi connectivity index (χ1n) is 9.38. The highest BCUT2D eigenvalue weighted by Crippen LogP contribution is 2.14. The second-order valence-corrected chi connectivity index (χ2v) is 6.15. The minimum atomic E-state index is 0.561. The van der Waals surface area contributed by atoms with Crippen molar-refractivity contribution in [3.8, 4) is 17.3 Å². The van der Waals surface area contributed by atoms with E-state index < -0.39 is 0 Å². The molecule has 2 N–H and O–H groups in total. The van der Waals surface area contributed by atoms with Crippen LogP contribution in [-0.4, -0.2) is 59.3 Å². The monoisotopic (exact) mass is 382 g/mol. The Balaban J connectivity index is 1.49. The van der Waals surface area contributed by atoms with Crippen molar-refractivity contribution in [2.75, 3.05) is 33.3 Å². The summed E-state index contributed by atoms with van der Waals surface area (Å²) >= 11 is 0. The van der Waals surface area contributed by atoms with Gasteiger partial charge in [-0.15, -0.1) is 0 Å². The smallest absolute Gasteiger partial charge is 0.216 e. The molecule has 148 valence electrons. The summed E-state index contributed by atoms with van der Waals surface area (Å²) in [6.07, 6.45) is 2.27. The number of ether oxygens (including phenoxy) is 1. The maximum atomic E-state index is 5.76. The molecule has 8 heteroatoms. The van der Waals surface area contributed by atoms with Crippen molar-refractivity contribution in [1.82, 2.24) is 25.4 Å². The van der Waals surface area contributed by atoms with Gasteiger partial charge in [0.1, 0.15) is 18.2 Å². The van der Waals surface area contributed by atoms with Crippen molar-refractivity contribution in [3.63, 3.8) is 0 Å². The molecule has 1 aromatic carbocycles. The number of para-hydroxylation sites is 1. The van der Waals surface area contributed by atoms with E-state index in [9.17, 15) is 0 Å². The van der Waals surface area contributed by atoms with Crippen molar-refractivity contribution in [3.05, 3.63) is 54.6 Å². The van der Waals surface area contributed by atoms with E-state index in [2.05, 4.69) is 37.3 Å². The number of aliphatic imine (C=N–C) groups is 1. The third kappa shape index (κ3) is 5.60. The van der Waals surface area contributed by atoms with Crippen molar-refractivity contribution in [2.45, 2.75) is 13.3 Å². The summed E-state index contributed by atoms with van der Waals surface area (Å²) < 4.78 is 11.1. The largest absolute Gasteiger partial charge is 0.492 e. The Kier molecular flexibility index (Phi) is 7.06. The third-order valence-electron chi connectivity index (χ3n) is 4.02. The van der Waals surface area contributed by atoms with Gasteiger partial charge in [-0.2, -0.15) is 5.10 Å². The number of hydrogen-bond donors (Lipinski definition) is 2. The number of benzene rings is 1. The Labute approximate surface area is 164 Å². The summed E-state index contributed by atoms with van der Waals surface area (Å²) in [6, 6.07) is 13.5. The number of guanidine groups is 1. The summed E-state index contributed by atoms with van der Waals surface area (Å²) in [7, 11) is 2.00. The Morgan fingerprint density at radius 3 is 2.86 bits per heavy atom. The summed E-state index contributed by atoms with van der Waals surface area (Å²) in [5.41, 5.74) is 0. The molecule has 0 saturated heterocycles. The van der Waals surface area contributed by atoms with E-state index in [1.165, 1.54) is 0 Å². The van der Waals surface area contributed by atoms with Gasteiger partial charge in [0.05, 0.1) is 12.8 Å². The average Bonchev–Trinajstić information content (AvgIpc) is 3.40. The van der Waals surface area contributed by atoms with Crippen LogP contribution in [0.5, 0.6) is 5.75 Å². The predicted molar refractivity (Wildman–Crippen MR) is 108 cm³/mol. The first kappa shape index (κ1) is 19.5. The Hall–Kier alpha value is -3.29. The van der Waals surface area contributed by atoms with E-state index in [0.717, 1.165) is 30.6 Å². The molecule has 3 rings (SSSR count). The standard InChI is InChI=1S/C20H26N6O2/c1-3-21-20(26(2)13-15-27-16-8-5-4-6-9-16)22-12-11-18-23-19(25-24-18)17-10-7-14-28-17/h4-10,14H,3,11-13,15H2,1-2H3,(H,21,22)(H,23,24,25). The van der Waals surface area contributed by atoms with Crippen molar-refractivity contribution in [2.24, 2.45) is 4.99 Å². The first-order chi connectivity index (χ1) is 13.8. The lowest BCUT2D eigenvalue weighted by Crippen LogP contribution is -2.41. The number of rotatable bonds is 9. The number of likely N-dealkylation sites (N-methyl/N-ethyl adjacent to an activating group) is 1. The Morgan fingerprint density at radius 2 is 2.11 bits per heavy atom. The van der Waals surface area contributed by atoms with Crippen LogP contribution in [-0.2, 0) is 6.42 Å². The second kappa shape index (κ2) is 10.1. The maximum Gasteiger partial charge on any atom is 0.216 e. The molecule has 0 amide bonds. The highest BCUT2D eigenvalue weighted by Gasteiger charge is 2.09. The van der Waals surface area contributed by atoms with E-state index in [-0.39, 0.29) is 0 Å². The predicted octanol–water partition coefficient (Wildman–Crippen LogP) is 2.58. The van der Waals surface area contributed by atoms with Gasteiger partial charge >= 0.3 is 0 Å². The van der Waals surface area contributed by atoms with Crippen molar-refractivity contribution in [1.29, 1.82) is 0 Å². The second-order valence-electron chi connectivity index (χ2n) is 6.15. The molecule has 0 aliphatic carbocycles. The van der Waals surface area contributed by atoms with Gasteiger partial charge in [-0.1, -0.05) is 18.2 Å². The van der Waals surface area contributed by atoms with Gasteiger partial charge < -0.3 is 19.4 Å². The van der Waals surface area contributed by atoms with Crippen LogP contribution < -0.4 is 10.1 Å². The van der Waals surface area contributed by atoms with E-state index in [1.807, 2.05) is 49.5 Å². The van der Waals surface area contributed by atoms with Gasteiger partial charge in [0, 0.05) is 26.6 Å². The molecular weight excluding hydrogens is 356 g/mol. The minimum absolute atomic E-state index is 0.561. The molecule has 0 aliphatic heterocycles. The van der Waals surface area contributed by atoms with Crippen LogP contribution in [0.25, 0.3) is 11.6 Å². The first-order valence-corrected chi connectivity index (χ1v) is 9.38. The zero-order valence-electron chi connectivity index (χ0n) is 16.3. The molecule has 2 aromatic heterocycles. The number of aromatic amines is 1. The number of aromatic nitrogens is 3. The number of furan rings is 1. The van der Waals surface area contributed by atoms with E-state index in [0.29, 0.717) is 31.2 Å². The number of nitrogens with zero attached hydrogens (tertiary/aromatic N) is 4. The fraction of sp³-hybridized carbons (Fsp3) is 0.350. The highest BCUT2D eigenvalue weighted by molar-refractivity contribution is 5.79. The average molecular weight is 382 g/mol. The number of nitrogens with one attached hydrogen (secondary N) is 2. The highest BCUT2D eigenvalue weighted by atomic mass is 16.5. The van der Waals surface area contributed by atoms with E-state index in [4.69, 9.17) is 9.15 Å². The zero-order valence-corrected chi connectivity index (χ0v) is 16.3. The van der Waals surface area contributed by atoms with Gasteiger partial charge in [-0.05, 0) is 31.2 Å². The summed E-state index contributed by atoms with van der Waals surface area (Å²) in [6.45, 7) is 4.76. The minimum Gasteiger partial charge on any atom is -0.492 e. The molecule has 0 fully saturated rings. The van der Waals surface area contributed by atoms with Gasteiger partial charge in [0.25, 0.3) is 0 Å². The van der Waals surface area contributed by atoms with Crippen LogP contribution in [0.4, 0.5) is 0 Å². The van der Waals surface area contributed by atoms with Gasteiger partial charge in [0.15, 0.2) is 11.7 Å². The van der Waals surface area contributed by atoms with Gasteiger partial charge in [0.2, 0.25) is 5.82 Å². The van der Waals surface area contributed by atoms with Crippen molar-refractivity contribution >= 4 is 5.96 Å². The van der Waals surface area contributed by atoms with E-state index >= 15 is 0 Å². The van der Waals surface area contributed by atoms with Crippen LogP contribution in [0.3, 0.4) is 0 Å². The lowest BCUT2D eigenvalue weighted by molar-refractivity contribution is 0.281.